The summed E-state index contributed by atoms with van der Waals surface area (Å²) in [4.78, 5) is 0. The molecule has 0 saturated heterocycles. The summed E-state index contributed by atoms with van der Waals surface area (Å²) in [7, 11) is 0. The summed E-state index contributed by atoms with van der Waals surface area (Å²) in [6, 6.07) is 7.97. The maximum absolute atomic E-state index is 5.85. The monoisotopic (exact) mass is 237 g/mol. The van der Waals surface area contributed by atoms with Gasteiger partial charge < -0.3 is 5.73 Å². The summed E-state index contributed by atoms with van der Waals surface area (Å²) in [6.45, 7) is 0. The molecule has 2 N–H and O–H groups in total. The van der Waals surface area contributed by atoms with Crippen LogP contribution in [0.15, 0.2) is 34.1 Å². The first-order chi connectivity index (χ1) is 7.36. The van der Waals surface area contributed by atoms with Crippen molar-refractivity contribution in [2.24, 2.45) is 0 Å². The molecule has 0 atom stereocenters. The Morgan fingerprint density at radius 2 is 2.20 bits per heavy atom. The molecule has 0 fully saturated rings. The van der Waals surface area contributed by atoms with Gasteiger partial charge in [-0.05, 0) is 18.1 Å². The molecular formula is C10H11N3S2. The first-order valence-electron chi connectivity index (χ1n) is 4.58. The maximum Gasteiger partial charge on any atom is 0.174 e. The van der Waals surface area contributed by atoms with E-state index in [1.54, 1.807) is 28.6 Å². The molecule has 1 aromatic carbocycles. The lowest BCUT2D eigenvalue weighted by atomic mass is 10.1. The highest BCUT2D eigenvalue weighted by molar-refractivity contribution is 8.00. The quantitative estimate of drug-likeness (QED) is 0.655. The highest BCUT2D eigenvalue weighted by atomic mass is 32.2. The second-order valence-corrected chi connectivity index (χ2v) is 5.18. The second kappa shape index (κ2) is 5.14. The average molecular weight is 237 g/mol. The number of benzene rings is 1. The Labute approximate surface area is 96.7 Å². The smallest absolute Gasteiger partial charge is 0.174 e. The molecular weight excluding hydrogens is 226 g/mol. The minimum absolute atomic E-state index is 0.871. The zero-order chi connectivity index (χ0) is 10.5. The van der Waals surface area contributed by atoms with Crippen LogP contribution in [0.1, 0.15) is 5.56 Å². The Hall–Kier alpha value is -1.07. The standard InChI is InChI=1S/C10H11N3S2/c11-9-4-2-1-3-8(9)5-6-14-10-13-12-7-15-10/h1-4,7H,5-6,11H2. The first kappa shape index (κ1) is 10.4. The van der Waals surface area contributed by atoms with Crippen molar-refractivity contribution in [1.82, 2.24) is 10.2 Å². The molecule has 2 aromatic rings. The number of rotatable bonds is 4. The van der Waals surface area contributed by atoms with Crippen LogP contribution in [0.4, 0.5) is 5.69 Å². The zero-order valence-corrected chi connectivity index (χ0v) is 9.72. The second-order valence-electron chi connectivity index (χ2n) is 3.00. The average Bonchev–Trinajstić information content (AvgIpc) is 2.74. The summed E-state index contributed by atoms with van der Waals surface area (Å²) in [6.07, 6.45) is 0.969. The van der Waals surface area contributed by atoms with Gasteiger partial charge in [-0.15, -0.1) is 10.2 Å². The summed E-state index contributed by atoms with van der Waals surface area (Å²) in [5, 5.41) is 7.76. The third-order valence-electron chi connectivity index (χ3n) is 1.99. The molecule has 0 bridgehead atoms. The molecule has 0 spiro atoms. The minimum Gasteiger partial charge on any atom is -0.399 e. The molecule has 1 aromatic heterocycles. The van der Waals surface area contributed by atoms with Crippen LogP contribution in [0.25, 0.3) is 0 Å². The molecule has 0 aliphatic heterocycles. The van der Waals surface area contributed by atoms with E-state index in [1.807, 2.05) is 18.2 Å². The van der Waals surface area contributed by atoms with Crippen LogP contribution < -0.4 is 5.73 Å². The molecule has 5 heteroatoms. The van der Waals surface area contributed by atoms with Crippen LogP contribution in [0.5, 0.6) is 0 Å². The number of aromatic nitrogens is 2. The molecule has 0 unspecified atom stereocenters. The van der Waals surface area contributed by atoms with Crippen molar-refractivity contribution in [3.05, 3.63) is 35.3 Å². The third kappa shape index (κ3) is 2.94. The van der Waals surface area contributed by atoms with Gasteiger partial charge in [0.1, 0.15) is 5.51 Å². The first-order valence-corrected chi connectivity index (χ1v) is 6.45. The number of anilines is 1. The van der Waals surface area contributed by atoms with Gasteiger partial charge in [-0.2, -0.15) is 0 Å². The van der Waals surface area contributed by atoms with Crippen LogP contribution >= 0.6 is 23.1 Å². The van der Waals surface area contributed by atoms with Gasteiger partial charge in [-0.3, -0.25) is 0 Å². The van der Waals surface area contributed by atoms with Crippen LogP contribution in [0.3, 0.4) is 0 Å². The lowest BCUT2D eigenvalue weighted by Crippen LogP contribution is -1.95. The number of nitrogen functional groups attached to an aromatic ring is 1. The van der Waals surface area contributed by atoms with Gasteiger partial charge in [0, 0.05) is 11.4 Å². The minimum atomic E-state index is 0.871. The number of para-hydroxylation sites is 1. The van der Waals surface area contributed by atoms with Crippen LogP contribution in [-0.4, -0.2) is 16.0 Å². The Balaban J connectivity index is 1.86. The lowest BCUT2D eigenvalue weighted by molar-refractivity contribution is 1.01. The molecule has 1 heterocycles. The molecule has 3 nitrogen and oxygen atoms in total. The zero-order valence-electron chi connectivity index (χ0n) is 8.09. The van der Waals surface area contributed by atoms with E-state index in [0.717, 1.165) is 22.2 Å². The summed E-state index contributed by atoms with van der Waals surface area (Å²) in [5.74, 6) is 0.989. The predicted octanol–water partition coefficient (Wildman–Crippen LogP) is 2.46. The predicted molar refractivity (Wildman–Crippen MR) is 65.2 cm³/mol. The van der Waals surface area contributed by atoms with Gasteiger partial charge in [-0.1, -0.05) is 41.3 Å². The van der Waals surface area contributed by atoms with E-state index in [4.69, 9.17) is 5.73 Å². The van der Waals surface area contributed by atoms with Crippen LogP contribution in [0.2, 0.25) is 0 Å². The van der Waals surface area contributed by atoms with Crippen molar-refractivity contribution in [2.45, 2.75) is 10.8 Å². The largest absolute Gasteiger partial charge is 0.399 e. The van der Waals surface area contributed by atoms with E-state index in [9.17, 15) is 0 Å². The molecule has 0 radical (unpaired) electrons. The SMILES string of the molecule is Nc1ccccc1CCSc1nncs1. The van der Waals surface area contributed by atoms with Crippen molar-refractivity contribution in [1.29, 1.82) is 0 Å². The van der Waals surface area contributed by atoms with Crippen molar-refractivity contribution in [3.8, 4) is 0 Å². The molecule has 0 amide bonds. The fourth-order valence-corrected chi connectivity index (χ4v) is 2.77. The highest BCUT2D eigenvalue weighted by Gasteiger charge is 2.00. The lowest BCUT2D eigenvalue weighted by Gasteiger charge is -2.03. The number of nitrogens with zero attached hydrogens (tertiary/aromatic N) is 2. The van der Waals surface area contributed by atoms with Crippen molar-refractivity contribution >= 4 is 28.8 Å². The van der Waals surface area contributed by atoms with Gasteiger partial charge >= 0.3 is 0 Å². The fourth-order valence-electron chi connectivity index (χ4n) is 1.24. The van der Waals surface area contributed by atoms with E-state index in [0.29, 0.717) is 0 Å². The topological polar surface area (TPSA) is 51.8 Å². The summed E-state index contributed by atoms with van der Waals surface area (Å²) >= 11 is 3.29. The number of hydrogen-bond acceptors (Lipinski definition) is 5. The Kier molecular flexibility index (Phi) is 3.58. The molecule has 2 rings (SSSR count). The van der Waals surface area contributed by atoms with Crippen molar-refractivity contribution < 1.29 is 0 Å². The van der Waals surface area contributed by atoms with E-state index in [1.165, 1.54) is 5.56 Å². The number of aryl methyl sites for hydroxylation is 1. The third-order valence-corrected chi connectivity index (χ3v) is 3.85. The van der Waals surface area contributed by atoms with Crippen LogP contribution in [-0.2, 0) is 6.42 Å². The van der Waals surface area contributed by atoms with Gasteiger partial charge in [0.15, 0.2) is 4.34 Å². The molecule has 0 aliphatic rings. The molecule has 0 saturated carbocycles. The van der Waals surface area contributed by atoms with Gasteiger partial charge in [-0.25, -0.2) is 0 Å². The van der Waals surface area contributed by atoms with E-state index < -0.39 is 0 Å². The fraction of sp³-hybridized carbons (Fsp3) is 0.200. The Morgan fingerprint density at radius 3 is 2.93 bits per heavy atom. The molecule has 78 valence electrons. The number of nitrogens with two attached hydrogens (primary N) is 1. The highest BCUT2D eigenvalue weighted by Crippen LogP contribution is 2.21. The van der Waals surface area contributed by atoms with Gasteiger partial charge in [0.25, 0.3) is 0 Å². The number of hydrogen-bond donors (Lipinski definition) is 1. The summed E-state index contributed by atoms with van der Waals surface area (Å²) in [5.41, 5.74) is 9.67. The normalized spacial score (nSPS) is 10.4. The van der Waals surface area contributed by atoms with Gasteiger partial charge in [0.05, 0.1) is 0 Å². The molecule has 0 aliphatic carbocycles. The van der Waals surface area contributed by atoms with E-state index in [2.05, 4.69) is 16.3 Å². The van der Waals surface area contributed by atoms with Crippen LogP contribution in [0, 0.1) is 0 Å². The van der Waals surface area contributed by atoms with E-state index >= 15 is 0 Å². The number of thioether (sulfide) groups is 1. The van der Waals surface area contributed by atoms with Crippen molar-refractivity contribution in [2.75, 3.05) is 11.5 Å². The Bertz CT molecular complexity index is 414. The maximum atomic E-state index is 5.85. The van der Waals surface area contributed by atoms with E-state index in [-0.39, 0.29) is 0 Å². The summed E-state index contributed by atoms with van der Waals surface area (Å²) < 4.78 is 1.02. The van der Waals surface area contributed by atoms with Gasteiger partial charge in [0.2, 0.25) is 0 Å². The Morgan fingerprint density at radius 1 is 1.33 bits per heavy atom. The van der Waals surface area contributed by atoms with Crippen molar-refractivity contribution in [3.63, 3.8) is 0 Å². The molecule has 15 heavy (non-hydrogen) atoms.